The lowest BCUT2D eigenvalue weighted by Crippen LogP contribution is -2.16. The lowest BCUT2D eigenvalue weighted by Gasteiger charge is -1.99. The van der Waals surface area contributed by atoms with Crippen molar-refractivity contribution in [3.63, 3.8) is 0 Å². The molecule has 0 bridgehead atoms. The van der Waals surface area contributed by atoms with Gasteiger partial charge in [0.15, 0.2) is 0 Å². The molecule has 5 nitrogen and oxygen atoms in total. The molecule has 0 aromatic heterocycles. The van der Waals surface area contributed by atoms with Crippen LogP contribution < -0.4 is 5.73 Å². The molecule has 0 aliphatic heterocycles. The van der Waals surface area contributed by atoms with E-state index in [-0.39, 0.29) is 11.1 Å². The first kappa shape index (κ1) is 16.1. The predicted molar refractivity (Wildman–Crippen MR) is 68.9 cm³/mol. The largest absolute Gasteiger partial charge is 0.478 e. The van der Waals surface area contributed by atoms with Gasteiger partial charge in [0.1, 0.15) is 0 Å². The Labute approximate surface area is 106 Å². The van der Waals surface area contributed by atoms with Gasteiger partial charge in [0.25, 0.3) is 0 Å². The van der Waals surface area contributed by atoms with Gasteiger partial charge in [-0.3, -0.25) is 0 Å². The van der Waals surface area contributed by atoms with Crippen LogP contribution in [0.25, 0.3) is 0 Å². The van der Waals surface area contributed by atoms with Gasteiger partial charge in [0, 0.05) is 6.04 Å². The maximum atomic E-state index is 10.5. The van der Waals surface area contributed by atoms with Crippen molar-refractivity contribution in [2.75, 3.05) is 0 Å². The van der Waals surface area contributed by atoms with Gasteiger partial charge in [-0.05, 0) is 25.0 Å². The van der Waals surface area contributed by atoms with Crippen molar-refractivity contribution in [3.8, 4) is 0 Å². The highest BCUT2D eigenvalue weighted by atomic mass is 16.4. The second-order valence-electron chi connectivity index (χ2n) is 3.73. The summed E-state index contributed by atoms with van der Waals surface area (Å²) in [6.07, 6.45) is 2.22. The summed E-state index contributed by atoms with van der Waals surface area (Å²) in [7, 11) is 0. The minimum atomic E-state index is -1.23. The highest BCUT2D eigenvalue weighted by Crippen LogP contribution is 2.07. The molecule has 0 fully saturated rings. The van der Waals surface area contributed by atoms with Crippen LogP contribution in [0.2, 0.25) is 0 Å². The molecule has 0 aliphatic rings. The number of hydrogen-bond donors (Lipinski definition) is 3. The van der Waals surface area contributed by atoms with E-state index in [0.717, 1.165) is 12.8 Å². The second-order valence-corrected chi connectivity index (χ2v) is 3.73. The Balaban J connectivity index is 0.000000411. The maximum absolute atomic E-state index is 10.5. The lowest BCUT2D eigenvalue weighted by atomic mass is 10.1. The molecule has 0 atom stereocenters. The average molecular weight is 253 g/mol. The normalized spacial score (nSPS) is 9.56. The van der Waals surface area contributed by atoms with Crippen LogP contribution in [0.15, 0.2) is 24.3 Å². The number of aromatic carboxylic acids is 2. The molecular formula is C13H19NO4. The molecule has 4 N–H and O–H groups in total. The Morgan fingerprint density at radius 2 is 1.39 bits per heavy atom. The van der Waals surface area contributed by atoms with E-state index in [2.05, 4.69) is 13.8 Å². The summed E-state index contributed by atoms with van der Waals surface area (Å²) in [5.41, 5.74) is 5.09. The quantitative estimate of drug-likeness (QED) is 0.763. The van der Waals surface area contributed by atoms with Crippen LogP contribution in [-0.2, 0) is 0 Å². The number of carboxylic acid groups (broad SMARTS) is 2. The van der Waals surface area contributed by atoms with Crippen molar-refractivity contribution in [3.05, 3.63) is 35.4 Å². The molecule has 0 aliphatic carbocycles. The smallest absolute Gasteiger partial charge is 0.336 e. The number of rotatable bonds is 4. The van der Waals surface area contributed by atoms with E-state index in [1.54, 1.807) is 0 Å². The molecule has 5 heteroatoms. The van der Waals surface area contributed by atoms with Crippen molar-refractivity contribution >= 4 is 11.9 Å². The molecule has 0 radical (unpaired) electrons. The Kier molecular flexibility index (Phi) is 7.38. The Bertz CT molecular complexity index is 367. The van der Waals surface area contributed by atoms with E-state index >= 15 is 0 Å². The number of hydrogen-bond acceptors (Lipinski definition) is 3. The SMILES string of the molecule is CCC(N)CC.O=C(O)c1ccccc1C(=O)O. The van der Waals surface area contributed by atoms with E-state index < -0.39 is 11.9 Å². The maximum Gasteiger partial charge on any atom is 0.336 e. The van der Waals surface area contributed by atoms with Gasteiger partial charge in [-0.15, -0.1) is 0 Å². The first-order valence-corrected chi connectivity index (χ1v) is 5.75. The van der Waals surface area contributed by atoms with Crippen molar-refractivity contribution in [2.45, 2.75) is 32.7 Å². The van der Waals surface area contributed by atoms with Crippen LogP contribution in [0.5, 0.6) is 0 Å². The van der Waals surface area contributed by atoms with Gasteiger partial charge in [0.2, 0.25) is 0 Å². The van der Waals surface area contributed by atoms with Crippen LogP contribution in [0.1, 0.15) is 47.4 Å². The van der Waals surface area contributed by atoms with Crippen LogP contribution in [0, 0.1) is 0 Å². The minimum Gasteiger partial charge on any atom is -0.478 e. The molecule has 18 heavy (non-hydrogen) atoms. The number of carboxylic acids is 2. The van der Waals surface area contributed by atoms with E-state index in [1.807, 2.05) is 0 Å². The fourth-order valence-corrected chi connectivity index (χ4v) is 1.14. The Morgan fingerprint density at radius 1 is 1.06 bits per heavy atom. The summed E-state index contributed by atoms with van der Waals surface area (Å²) in [5.74, 6) is -2.46. The molecule has 100 valence electrons. The monoisotopic (exact) mass is 253 g/mol. The van der Waals surface area contributed by atoms with E-state index in [0.29, 0.717) is 6.04 Å². The molecular weight excluding hydrogens is 234 g/mol. The van der Waals surface area contributed by atoms with Crippen LogP contribution >= 0.6 is 0 Å². The highest BCUT2D eigenvalue weighted by Gasteiger charge is 2.13. The molecule has 1 aromatic rings. The van der Waals surface area contributed by atoms with E-state index in [1.165, 1.54) is 24.3 Å². The summed E-state index contributed by atoms with van der Waals surface area (Å²) >= 11 is 0. The van der Waals surface area contributed by atoms with Crippen molar-refractivity contribution < 1.29 is 19.8 Å². The summed E-state index contributed by atoms with van der Waals surface area (Å²) < 4.78 is 0. The van der Waals surface area contributed by atoms with Gasteiger partial charge in [-0.1, -0.05) is 26.0 Å². The first-order chi connectivity index (χ1) is 8.43. The predicted octanol–water partition coefficient (Wildman–Crippen LogP) is 2.22. The highest BCUT2D eigenvalue weighted by molar-refractivity contribution is 6.01. The summed E-state index contributed by atoms with van der Waals surface area (Å²) in [4.78, 5) is 20.9. The van der Waals surface area contributed by atoms with Gasteiger partial charge in [0.05, 0.1) is 11.1 Å². The molecule has 0 spiro atoms. The number of nitrogens with two attached hydrogens (primary N) is 1. The zero-order valence-electron chi connectivity index (χ0n) is 10.6. The fraction of sp³-hybridized carbons (Fsp3) is 0.385. The van der Waals surface area contributed by atoms with Gasteiger partial charge in [-0.2, -0.15) is 0 Å². The third kappa shape index (κ3) is 5.45. The average Bonchev–Trinajstić information content (AvgIpc) is 2.38. The van der Waals surface area contributed by atoms with E-state index in [9.17, 15) is 9.59 Å². The number of benzene rings is 1. The minimum absolute atomic E-state index is 0.190. The van der Waals surface area contributed by atoms with Crippen LogP contribution in [0.4, 0.5) is 0 Å². The van der Waals surface area contributed by atoms with E-state index in [4.69, 9.17) is 15.9 Å². The molecule has 1 aromatic carbocycles. The summed E-state index contributed by atoms with van der Waals surface area (Å²) in [5, 5.41) is 17.1. The molecule has 0 saturated carbocycles. The first-order valence-electron chi connectivity index (χ1n) is 5.75. The lowest BCUT2D eigenvalue weighted by molar-refractivity contribution is 0.0651. The Morgan fingerprint density at radius 3 is 1.56 bits per heavy atom. The molecule has 0 saturated heterocycles. The van der Waals surface area contributed by atoms with Crippen molar-refractivity contribution in [1.82, 2.24) is 0 Å². The molecule has 0 unspecified atom stereocenters. The van der Waals surface area contributed by atoms with Crippen LogP contribution in [-0.4, -0.2) is 28.2 Å². The standard InChI is InChI=1S/C8H6O4.C5H13N/c9-7(10)5-3-1-2-4-6(5)8(11)12;1-3-5(6)4-2/h1-4H,(H,9,10)(H,11,12);5H,3-4,6H2,1-2H3. The fourth-order valence-electron chi connectivity index (χ4n) is 1.14. The number of carbonyl (C=O) groups is 2. The third-order valence-corrected chi connectivity index (χ3v) is 2.44. The summed E-state index contributed by atoms with van der Waals surface area (Å²) in [6, 6.07) is 5.91. The topological polar surface area (TPSA) is 101 Å². The van der Waals surface area contributed by atoms with Gasteiger partial charge in [-0.25, -0.2) is 9.59 Å². The Hall–Kier alpha value is -1.88. The zero-order chi connectivity index (χ0) is 14.1. The molecule has 1 rings (SSSR count). The van der Waals surface area contributed by atoms with Crippen LogP contribution in [0.3, 0.4) is 0 Å². The zero-order valence-corrected chi connectivity index (χ0v) is 10.6. The van der Waals surface area contributed by atoms with Crippen molar-refractivity contribution in [1.29, 1.82) is 0 Å². The van der Waals surface area contributed by atoms with Gasteiger partial charge >= 0.3 is 11.9 Å². The summed E-state index contributed by atoms with van der Waals surface area (Å²) in [6.45, 7) is 4.21. The molecule has 0 amide bonds. The van der Waals surface area contributed by atoms with Crippen molar-refractivity contribution in [2.24, 2.45) is 5.73 Å². The van der Waals surface area contributed by atoms with Gasteiger partial charge < -0.3 is 15.9 Å². The second kappa shape index (κ2) is 8.25. The third-order valence-electron chi connectivity index (χ3n) is 2.44. The molecule has 0 heterocycles.